The van der Waals surface area contributed by atoms with Gasteiger partial charge in [-0.3, -0.25) is 0 Å². The maximum atomic E-state index is 5.57. The number of para-hydroxylation sites is 3. The minimum absolute atomic E-state index is 0.638. The van der Waals surface area contributed by atoms with Crippen LogP contribution in [0.25, 0.3) is 33.8 Å². The van der Waals surface area contributed by atoms with Crippen LogP contribution in [0.4, 0.5) is 17.1 Å². The zero-order chi connectivity index (χ0) is 29.1. The number of aromatic nitrogens is 2. The fraction of sp³-hybridized carbons (Fsp3) is 0.0244. The average Bonchev–Trinajstić information content (AvgIpc) is 3.40. The van der Waals surface area contributed by atoms with Gasteiger partial charge in [-0.05, 0) is 46.5 Å². The largest absolute Gasteiger partial charge is 0.310 e. The Morgan fingerprint density at radius 3 is 1.57 bits per heavy atom. The van der Waals surface area contributed by atoms with Crippen LogP contribution in [0.15, 0.2) is 164 Å². The Hall–Kier alpha value is -5.80. The van der Waals surface area contributed by atoms with Crippen molar-refractivity contribution < 1.29 is 0 Å². The number of benzene rings is 6. The van der Waals surface area contributed by atoms with E-state index in [1.54, 1.807) is 0 Å². The Morgan fingerprint density at radius 1 is 0.432 bits per heavy atom. The second kappa shape index (κ2) is 9.62. The van der Waals surface area contributed by atoms with Crippen LogP contribution >= 0.6 is 0 Å². The van der Waals surface area contributed by atoms with E-state index in [2.05, 4.69) is 163 Å². The summed E-state index contributed by atoms with van der Waals surface area (Å²) >= 11 is 0. The van der Waals surface area contributed by atoms with Crippen LogP contribution in [0.2, 0.25) is 0 Å². The van der Waals surface area contributed by atoms with Crippen LogP contribution in [0.5, 0.6) is 0 Å². The summed E-state index contributed by atoms with van der Waals surface area (Å²) in [6.07, 6.45) is 0. The summed E-state index contributed by atoms with van der Waals surface area (Å²) in [6.45, 7) is 0. The SMILES string of the molecule is c1ccc(-c2nc(-c3ccccc3)c3c(n2)C2(c4ccccc4-3)c3ccccc3N(c3ccccc3)c3ccccc32)cc1. The molecule has 2 heterocycles. The highest BCUT2D eigenvalue weighted by Gasteiger charge is 2.54. The second-order valence-electron chi connectivity index (χ2n) is 11.4. The zero-order valence-corrected chi connectivity index (χ0v) is 23.9. The van der Waals surface area contributed by atoms with Crippen molar-refractivity contribution in [3.05, 3.63) is 186 Å². The van der Waals surface area contributed by atoms with Gasteiger partial charge in [0.2, 0.25) is 0 Å². The molecule has 0 saturated carbocycles. The highest BCUT2D eigenvalue weighted by Crippen LogP contribution is 2.63. The molecule has 206 valence electrons. The fourth-order valence-electron chi connectivity index (χ4n) is 7.31. The van der Waals surface area contributed by atoms with Crippen molar-refractivity contribution in [1.29, 1.82) is 0 Å². The lowest BCUT2D eigenvalue weighted by atomic mass is 9.66. The molecule has 0 amide bonds. The monoisotopic (exact) mass is 561 g/mol. The van der Waals surface area contributed by atoms with E-state index in [9.17, 15) is 0 Å². The van der Waals surface area contributed by atoms with Gasteiger partial charge in [0.1, 0.15) is 0 Å². The molecule has 3 nitrogen and oxygen atoms in total. The number of hydrogen-bond donors (Lipinski definition) is 0. The van der Waals surface area contributed by atoms with Crippen molar-refractivity contribution in [2.45, 2.75) is 5.41 Å². The normalized spacial score (nSPS) is 13.6. The van der Waals surface area contributed by atoms with Crippen LogP contribution in [-0.2, 0) is 5.41 Å². The Balaban J connectivity index is 1.46. The first kappa shape index (κ1) is 24.8. The van der Waals surface area contributed by atoms with Crippen molar-refractivity contribution >= 4 is 17.1 Å². The molecule has 9 rings (SSSR count). The van der Waals surface area contributed by atoms with E-state index in [4.69, 9.17) is 9.97 Å². The number of fused-ring (bicyclic) bond motifs is 9. The third kappa shape index (κ3) is 3.38. The standard InChI is InChI=1S/C41H27N3/c1-4-16-28(17-5-1)38-37-31-22-10-11-23-32(31)41(39(37)43-40(42-38)29-18-6-2-7-19-29)33-24-12-14-26-35(33)44(30-20-8-3-9-21-30)36-27-15-13-25-34(36)41/h1-27H. The highest BCUT2D eigenvalue weighted by atomic mass is 15.2. The van der Waals surface area contributed by atoms with Gasteiger partial charge in [-0.15, -0.1) is 0 Å². The van der Waals surface area contributed by atoms with Crippen molar-refractivity contribution in [2.24, 2.45) is 0 Å². The van der Waals surface area contributed by atoms with Gasteiger partial charge in [-0.2, -0.15) is 0 Å². The van der Waals surface area contributed by atoms with Gasteiger partial charge in [0.25, 0.3) is 0 Å². The summed E-state index contributed by atoms with van der Waals surface area (Å²) < 4.78 is 0. The quantitative estimate of drug-likeness (QED) is 0.215. The van der Waals surface area contributed by atoms with Crippen LogP contribution in [0.1, 0.15) is 22.4 Å². The molecule has 0 radical (unpaired) electrons. The molecular weight excluding hydrogens is 534 g/mol. The Kier molecular flexibility index (Phi) is 5.41. The van der Waals surface area contributed by atoms with Crippen molar-refractivity contribution in [3.8, 4) is 33.8 Å². The first-order chi connectivity index (χ1) is 21.9. The summed E-state index contributed by atoms with van der Waals surface area (Å²) in [5, 5.41) is 0. The predicted octanol–water partition coefficient (Wildman–Crippen LogP) is 9.96. The minimum Gasteiger partial charge on any atom is -0.310 e. The molecule has 6 aromatic carbocycles. The predicted molar refractivity (Wildman–Crippen MR) is 178 cm³/mol. The smallest absolute Gasteiger partial charge is 0.160 e. The lowest BCUT2D eigenvalue weighted by Gasteiger charge is -2.44. The fourth-order valence-corrected chi connectivity index (χ4v) is 7.31. The molecule has 2 aliphatic rings. The van der Waals surface area contributed by atoms with Gasteiger partial charge < -0.3 is 4.90 Å². The van der Waals surface area contributed by atoms with E-state index in [1.807, 2.05) is 6.07 Å². The van der Waals surface area contributed by atoms with Crippen LogP contribution < -0.4 is 4.90 Å². The van der Waals surface area contributed by atoms with Gasteiger partial charge in [-0.1, -0.05) is 140 Å². The molecule has 1 aliphatic carbocycles. The molecule has 7 aromatic rings. The summed E-state index contributed by atoms with van der Waals surface area (Å²) in [6, 6.07) is 58.1. The third-order valence-electron chi connectivity index (χ3n) is 9.06. The lowest BCUT2D eigenvalue weighted by Crippen LogP contribution is -2.37. The van der Waals surface area contributed by atoms with Crippen molar-refractivity contribution in [3.63, 3.8) is 0 Å². The molecule has 44 heavy (non-hydrogen) atoms. The Bertz CT molecular complexity index is 2120. The molecule has 0 atom stereocenters. The Morgan fingerprint density at radius 2 is 0.932 bits per heavy atom. The van der Waals surface area contributed by atoms with E-state index in [0.717, 1.165) is 51.0 Å². The maximum Gasteiger partial charge on any atom is 0.160 e. The van der Waals surface area contributed by atoms with Crippen molar-refractivity contribution in [1.82, 2.24) is 9.97 Å². The molecule has 3 heteroatoms. The van der Waals surface area contributed by atoms with E-state index in [0.29, 0.717) is 0 Å². The van der Waals surface area contributed by atoms with Gasteiger partial charge in [-0.25, -0.2) is 9.97 Å². The highest BCUT2D eigenvalue weighted by molar-refractivity contribution is 5.98. The average molecular weight is 562 g/mol. The van der Waals surface area contributed by atoms with E-state index >= 15 is 0 Å². The molecule has 1 spiro atoms. The number of hydrogen-bond acceptors (Lipinski definition) is 3. The van der Waals surface area contributed by atoms with Crippen LogP contribution in [0, 0.1) is 0 Å². The molecule has 0 unspecified atom stereocenters. The summed E-state index contributed by atoms with van der Waals surface area (Å²) in [5.41, 5.74) is 12.8. The molecule has 0 fully saturated rings. The minimum atomic E-state index is -0.638. The van der Waals surface area contributed by atoms with E-state index < -0.39 is 5.41 Å². The third-order valence-corrected chi connectivity index (χ3v) is 9.06. The van der Waals surface area contributed by atoms with Gasteiger partial charge in [0, 0.05) is 22.4 Å². The van der Waals surface area contributed by atoms with Crippen LogP contribution in [0.3, 0.4) is 0 Å². The van der Waals surface area contributed by atoms with E-state index in [1.165, 1.54) is 22.3 Å². The number of nitrogens with zero attached hydrogens (tertiary/aromatic N) is 3. The van der Waals surface area contributed by atoms with Crippen molar-refractivity contribution in [2.75, 3.05) is 4.90 Å². The number of rotatable bonds is 3. The van der Waals surface area contributed by atoms with E-state index in [-0.39, 0.29) is 0 Å². The number of anilines is 3. The summed E-state index contributed by atoms with van der Waals surface area (Å²) in [7, 11) is 0. The lowest BCUT2D eigenvalue weighted by molar-refractivity contribution is 0.723. The molecule has 1 aromatic heterocycles. The Labute approximate surface area is 256 Å². The molecule has 0 bridgehead atoms. The first-order valence-electron chi connectivity index (χ1n) is 15.0. The first-order valence-corrected chi connectivity index (χ1v) is 15.0. The topological polar surface area (TPSA) is 29.0 Å². The molecular formula is C41H27N3. The van der Waals surface area contributed by atoms with Gasteiger partial charge in [0.15, 0.2) is 5.82 Å². The molecule has 1 aliphatic heterocycles. The summed E-state index contributed by atoms with van der Waals surface area (Å²) in [5.74, 6) is 0.732. The van der Waals surface area contributed by atoms with Crippen LogP contribution in [-0.4, -0.2) is 9.97 Å². The second-order valence-corrected chi connectivity index (χ2v) is 11.4. The van der Waals surface area contributed by atoms with Gasteiger partial charge in [0.05, 0.1) is 28.2 Å². The summed E-state index contributed by atoms with van der Waals surface area (Å²) in [4.78, 5) is 13.3. The van der Waals surface area contributed by atoms with Gasteiger partial charge >= 0.3 is 0 Å². The zero-order valence-electron chi connectivity index (χ0n) is 23.9. The molecule has 0 saturated heterocycles. The molecule has 0 N–H and O–H groups in total. The maximum absolute atomic E-state index is 5.57.